The number of fused-ring (bicyclic) bond motifs is 2. The topological polar surface area (TPSA) is 63.5 Å². The van der Waals surface area contributed by atoms with Gasteiger partial charge in [0.25, 0.3) is 5.69 Å². The Bertz CT molecular complexity index is 481. The largest absolute Gasteiger partial charge is 0.365 e. The van der Waals surface area contributed by atoms with Crippen molar-refractivity contribution in [3.63, 3.8) is 0 Å². The maximum absolute atomic E-state index is 11.5. The molecule has 2 atom stereocenters. The Morgan fingerprint density at radius 1 is 1.11 bits per heavy atom. The van der Waals surface area contributed by atoms with Gasteiger partial charge in [0.05, 0.1) is 4.92 Å². The Labute approximate surface area is 105 Å². The summed E-state index contributed by atoms with van der Waals surface area (Å²) in [5.74, 6) is 0.348. The third kappa shape index (κ3) is 1.75. The number of non-ortho nitro benzene ring substituents is 1. The summed E-state index contributed by atoms with van der Waals surface area (Å²) in [5, 5.41) is 10.6. The van der Waals surface area contributed by atoms with Crippen LogP contribution < -0.4 is 4.90 Å². The van der Waals surface area contributed by atoms with Gasteiger partial charge in [0.2, 0.25) is 0 Å². The molecule has 5 nitrogen and oxygen atoms in total. The van der Waals surface area contributed by atoms with Gasteiger partial charge >= 0.3 is 0 Å². The van der Waals surface area contributed by atoms with Crippen LogP contribution in [0.15, 0.2) is 24.3 Å². The summed E-state index contributed by atoms with van der Waals surface area (Å²) in [4.78, 5) is 24.0. The number of benzene rings is 1. The van der Waals surface area contributed by atoms with E-state index >= 15 is 0 Å². The number of nitro benzene ring substituents is 1. The predicted molar refractivity (Wildman–Crippen MR) is 66.6 cm³/mol. The minimum atomic E-state index is -0.391. The minimum Gasteiger partial charge on any atom is -0.365 e. The molecule has 2 aliphatic heterocycles. The number of hydrogen-bond acceptors (Lipinski definition) is 4. The monoisotopic (exact) mass is 246 g/mol. The molecule has 94 valence electrons. The fourth-order valence-corrected chi connectivity index (χ4v) is 3.14. The Hall–Kier alpha value is -1.91. The Kier molecular flexibility index (Phi) is 2.54. The van der Waals surface area contributed by atoms with Crippen molar-refractivity contribution >= 4 is 17.2 Å². The van der Waals surface area contributed by atoms with Crippen molar-refractivity contribution in [1.82, 2.24) is 0 Å². The van der Waals surface area contributed by atoms with E-state index in [4.69, 9.17) is 0 Å². The second-order valence-corrected chi connectivity index (χ2v) is 5.01. The number of carbonyl (C=O) groups is 1. The molecule has 5 heteroatoms. The summed E-state index contributed by atoms with van der Waals surface area (Å²) in [6.07, 6.45) is 3.34. The standard InChI is InChI=1S/C13H14N2O3/c16-13-7-11-5-6-12(8-13)14(11)9-1-3-10(4-2-9)15(17)18/h1-4,11-12H,5-8H2. The van der Waals surface area contributed by atoms with E-state index < -0.39 is 4.92 Å². The number of nitrogens with zero attached hydrogens (tertiary/aromatic N) is 2. The predicted octanol–water partition coefficient (Wildman–Crippen LogP) is 2.30. The summed E-state index contributed by atoms with van der Waals surface area (Å²) in [6.45, 7) is 0. The zero-order valence-corrected chi connectivity index (χ0v) is 9.91. The molecule has 2 fully saturated rings. The van der Waals surface area contributed by atoms with E-state index in [1.165, 1.54) is 12.1 Å². The first kappa shape index (κ1) is 11.2. The van der Waals surface area contributed by atoms with Gasteiger partial charge in [0.15, 0.2) is 0 Å². The van der Waals surface area contributed by atoms with Crippen LogP contribution in [0.25, 0.3) is 0 Å². The number of rotatable bonds is 2. The SMILES string of the molecule is O=C1CC2CCC(C1)N2c1ccc([N+](=O)[O-])cc1. The van der Waals surface area contributed by atoms with Crippen LogP contribution in [0, 0.1) is 10.1 Å². The van der Waals surface area contributed by atoms with Crippen molar-refractivity contribution in [1.29, 1.82) is 0 Å². The molecule has 1 aromatic rings. The lowest BCUT2D eigenvalue weighted by Crippen LogP contribution is -2.43. The molecule has 2 bridgehead atoms. The van der Waals surface area contributed by atoms with Crippen molar-refractivity contribution in [2.45, 2.75) is 37.8 Å². The summed E-state index contributed by atoms with van der Waals surface area (Å²) >= 11 is 0. The van der Waals surface area contributed by atoms with Crippen LogP contribution in [-0.4, -0.2) is 22.8 Å². The van der Waals surface area contributed by atoms with Crippen molar-refractivity contribution in [3.05, 3.63) is 34.4 Å². The first-order chi connectivity index (χ1) is 8.65. The lowest BCUT2D eigenvalue weighted by molar-refractivity contribution is -0.384. The zero-order valence-electron chi connectivity index (χ0n) is 9.91. The van der Waals surface area contributed by atoms with E-state index in [9.17, 15) is 14.9 Å². The van der Waals surface area contributed by atoms with E-state index in [0.29, 0.717) is 18.6 Å². The van der Waals surface area contributed by atoms with Gasteiger partial charge in [0.1, 0.15) is 5.78 Å². The molecule has 0 radical (unpaired) electrons. The number of anilines is 1. The van der Waals surface area contributed by atoms with Gasteiger partial charge in [-0.2, -0.15) is 0 Å². The molecule has 18 heavy (non-hydrogen) atoms. The molecule has 1 aromatic carbocycles. The van der Waals surface area contributed by atoms with Gasteiger partial charge in [0, 0.05) is 42.7 Å². The number of hydrogen-bond donors (Lipinski definition) is 0. The fourth-order valence-electron chi connectivity index (χ4n) is 3.14. The van der Waals surface area contributed by atoms with E-state index in [1.807, 2.05) is 0 Å². The third-order valence-electron chi connectivity index (χ3n) is 3.91. The van der Waals surface area contributed by atoms with Crippen LogP contribution in [0.4, 0.5) is 11.4 Å². The van der Waals surface area contributed by atoms with Crippen molar-refractivity contribution in [2.75, 3.05) is 4.90 Å². The van der Waals surface area contributed by atoms with Crippen LogP contribution in [0.3, 0.4) is 0 Å². The summed E-state index contributed by atoms with van der Waals surface area (Å²) < 4.78 is 0. The molecule has 0 amide bonds. The molecule has 2 unspecified atom stereocenters. The molecule has 2 aliphatic rings. The van der Waals surface area contributed by atoms with E-state index in [1.54, 1.807) is 12.1 Å². The molecule has 0 spiro atoms. The molecular formula is C13H14N2O3. The summed E-state index contributed by atoms with van der Waals surface area (Å²) in [7, 11) is 0. The Morgan fingerprint density at radius 2 is 1.67 bits per heavy atom. The zero-order chi connectivity index (χ0) is 12.7. The number of Topliss-reactive ketones (excluding diaryl/α,β-unsaturated/α-hetero) is 1. The fraction of sp³-hybridized carbons (Fsp3) is 0.462. The number of carbonyl (C=O) groups excluding carboxylic acids is 1. The lowest BCUT2D eigenvalue weighted by atomic mass is 10.0. The van der Waals surface area contributed by atoms with Gasteiger partial charge in [-0.15, -0.1) is 0 Å². The van der Waals surface area contributed by atoms with Crippen LogP contribution in [0.5, 0.6) is 0 Å². The maximum Gasteiger partial charge on any atom is 0.269 e. The van der Waals surface area contributed by atoms with Gasteiger partial charge in [-0.3, -0.25) is 14.9 Å². The van der Waals surface area contributed by atoms with Crippen molar-refractivity contribution < 1.29 is 9.72 Å². The first-order valence-electron chi connectivity index (χ1n) is 6.19. The highest BCUT2D eigenvalue weighted by Gasteiger charge is 2.40. The minimum absolute atomic E-state index is 0.110. The molecule has 0 N–H and O–H groups in total. The Balaban J connectivity index is 1.87. The summed E-state index contributed by atoms with van der Waals surface area (Å²) in [6, 6.07) is 7.23. The highest BCUT2D eigenvalue weighted by atomic mass is 16.6. The quantitative estimate of drug-likeness (QED) is 0.593. The lowest BCUT2D eigenvalue weighted by Gasteiger charge is -2.36. The molecule has 2 saturated heterocycles. The van der Waals surface area contributed by atoms with E-state index in [2.05, 4.69) is 4.90 Å². The number of nitro groups is 1. The van der Waals surface area contributed by atoms with Gasteiger partial charge in [-0.05, 0) is 25.0 Å². The third-order valence-corrected chi connectivity index (χ3v) is 3.91. The van der Waals surface area contributed by atoms with Crippen molar-refractivity contribution in [2.24, 2.45) is 0 Å². The number of piperidine rings is 1. The molecule has 2 heterocycles. The van der Waals surface area contributed by atoms with Crippen LogP contribution >= 0.6 is 0 Å². The first-order valence-corrected chi connectivity index (χ1v) is 6.19. The van der Waals surface area contributed by atoms with Crippen LogP contribution in [-0.2, 0) is 4.79 Å². The second kappa shape index (κ2) is 4.08. The van der Waals surface area contributed by atoms with E-state index in [-0.39, 0.29) is 17.8 Å². The normalized spacial score (nSPS) is 26.4. The van der Waals surface area contributed by atoms with Gasteiger partial charge in [-0.1, -0.05) is 0 Å². The Morgan fingerprint density at radius 3 is 2.17 bits per heavy atom. The molecule has 0 saturated carbocycles. The van der Waals surface area contributed by atoms with Crippen LogP contribution in [0.2, 0.25) is 0 Å². The highest BCUT2D eigenvalue weighted by Crippen LogP contribution is 2.38. The second-order valence-electron chi connectivity index (χ2n) is 5.01. The van der Waals surface area contributed by atoms with Gasteiger partial charge < -0.3 is 4.90 Å². The molecular weight excluding hydrogens is 232 g/mol. The smallest absolute Gasteiger partial charge is 0.269 e. The summed E-state index contributed by atoms with van der Waals surface area (Å²) in [5.41, 5.74) is 1.11. The van der Waals surface area contributed by atoms with Crippen molar-refractivity contribution in [3.8, 4) is 0 Å². The molecule has 3 rings (SSSR count). The molecule has 0 aromatic heterocycles. The maximum atomic E-state index is 11.5. The van der Waals surface area contributed by atoms with E-state index in [0.717, 1.165) is 18.5 Å². The number of ketones is 1. The van der Waals surface area contributed by atoms with Crippen LogP contribution in [0.1, 0.15) is 25.7 Å². The highest BCUT2D eigenvalue weighted by molar-refractivity contribution is 5.83. The average Bonchev–Trinajstić information content (AvgIpc) is 2.62. The van der Waals surface area contributed by atoms with Gasteiger partial charge in [-0.25, -0.2) is 0 Å². The average molecular weight is 246 g/mol. The molecule has 0 aliphatic carbocycles.